The summed E-state index contributed by atoms with van der Waals surface area (Å²) in [6.07, 6.45) is 3.28. The zero-order valence-electron chi connectivity index (χ0n) is 7.40. The fraction of sp³-hybridized carbons (Fsp3) is 0.100. The predicted molar refractivity (Wildman–Crippen MR) is 52.5 cm³/mol. The van der Waals surface area contributed by atoms with Gasteiger partial charge in [-0.3, -0.25) is 0 Å². The van der Waals surface area contributed by atoms with Gasteiger partial charge in [0.05, 0.1) is 5.56 Å². The summed E-state index contributed by atoms with van der Waals surface area (Å²) < 4.78 is 0. The van der Waals surface area contributed by atoms with E-state index in [2.05, 4.69) is 5.32 Å². The van der Waals surface area contributed by atoms with E-state index in [1.165, 1.54) is 0 Å². The molecule has 4 nitrogen and oxygen atoms in total. The van der Waals surface area contributed by atoms with Crippen molar-refractivity contribution in [3.63, 3.8) is 0 Å². The average molecular weight is 190 g/mol. The highest BCUT2D eigenvalue weighted by molar-refractivity contribution is 5.88. The molecule has 0 aromatic heterocycles. The summed E-state index contributed by atoms with van der Waals surface area (Å²) in [5.41, 5.74) is 7.81. The van der Waals surface area contributed by atoms with Crippen LogP contribution in [0, 0.1) is 0 Å². The maximum Gasteiger partial charge on any atom is 0.335 e. The van der Waals surface area contributed by atoms with Crippen molar-refractivity contribution in [1.29, 1.82) is 0 Å². The highest BCUT2D eigenvalue weighted by Crippen LogP contribution is 2.21. The molecule has 1 aliphatic rings. The van der Waals surface area contributed by atoms with E-state index in [0.717, 1.165) is 11.1 Å². The first kappa shape index (κ1) is 8.77. The Kier molecular flexibility index (Phi) is 1.98. The van der Waals surface area contributed by atoms with Crippen molar-refractivity contribution in [2.75, 3.05) is 0 Å². The Morgan fingerprint density at radius 3 is 3.00 bits per heavy atom. The fourth-order valence-corrected chi connectivity index (χ4v) is 1.47. The van der Waals surface area contributed by atoms with Gasteiger partial charge in [-0.25, -0.2) is 4.79 Å². The lowest BCUT2D eigenvalue weighted by molar-refractivity contribution is 0.0697. The summed E-state index contributed by atoms with van der Waals surface area (Å²) >= 11 is 0. The highest BCUT2D eigenvalue weighted by atomic mass is 16.4. The topological polar surface area (TPSA) is 75.3 Å². The molecule has 14 heavy (non-hydrogen) atoms. The van der Waals surface area contributed by atoms with E-state index < -0.39 is 5.97 Å². The largest absolute Gasteiger partial charge is 0.478 e. The summed E-state index contributed by atoms with van der Waals surface area (Å²) in [4.78, 5) is 10.7. The number of carboxylic acid groups (broad SMARTS) is 1. The normalized spacial score (nSPS) is 18.5. The molecule has 2 rings (SSSR count). The minimum atomic E-state index is -0.923. The predicted octanol–water partition coefficient (Wildman–Crippen LogP) is 0.916. The third-order valence-electron chi connectivity index (χ3n) is 2.21. The standard InChI is InChI=1S/C10H10N2O2/c11-9-8-2-1-7(10(13)14)5-6(8)3-4-12-9/h1-5,9,12H,11H2,(H,13,14). The van der Waals surface area contributed by atoms with Gasteiger partial charge in [0.2, 0.25) is 0 Å². The molecule has 0 amide bonds. The number of carboxylic acids is 1. The number of rotatable bonds is 1. The van der Waals surface area contributed by atoms with E-state index in [-0.39, 0.29) is 11.7 Å². The minimum Gasteiger partial charge on any atom is -0.478 e. The number of benzene rings is 1. The summed E-state index contributed by atoms with van der Waals surface area (Å²) in [6.45, 7) is 0. The molecule has 1 heterocycles. The van der Waals surface area contributed by atoms with Crippen LogP contribution in [0.15, 0.2) is 24.4 Å². The molecule has 0 fully saturated rings. The molecular weight excluding hydrogens is 180 g/mol. The van der Waals surface area contributed by atoms with Crippen LogP contribution in [-0.2, 0) is 0 Å². The van der Waals surface area contributed by atoms with Gasteiger partial charge in [0.25, 0.3) is 0 Å². The summed E-state index contributed by atoms with van der Waals surface area (Å²) in [5, 5.41) is 11.7. The van der Waals surface area contributed by atoms with Crippen LogP contribution in [0.5, 0.6) is 0 Å². The molecule has 1 aromatic rings. The number of hydrogen-bond acceptors (Lipinski definition) is 3. The maximum atomic E-state index is 10.7. The fourth-order valence-electron chi connectivity index (χ4n) is 1.47. The number of nitrogens with two attached hydrogens (primary N) is 1. The Labute approximate surface area is 81.0 Å². The molecule has 0 radical (unpaired) electrons. The molecule has 0 saturated heterocycles. The van der Waals surface area contributed by atoms with Crippen molar-refractivity contribution in [1.82, 2.24) is 5.32 Å². The lowest BCUT2D eigenvalue weighted by Crippen LogP contribution is -2.27. The van der Waals surface area contributed by atoms with E-state index in [0.29, 0.717) is 0 Å². The molecule has 4 N–H and O–H groups in total. The van der Waals surface area contributed by atoms with Crippen molar-refractivity contribution >= 4 is 12.0 Å². The lowest BCUT2D eigenvalue weighted by Gasteiger charge is -2.19. The van der Waals surface area contributed by atoms with Gasteiger partial charge in [0, 0.05) is 0 Å². The minimum absolute atomic E-state index is 0.252. The molecule has 1 aliphatic heterocycles. The van der Waals surface area contributed by atoms with Crippen LogP contribution in [0.1, 0.15) is 27.7 Å². The summed E-state index contributed by atoms with van der Waals surface area (Å²) in [7, 11) is 0. The number of aromatic carboxylic acids is 1. The van der Waals surface area contributed by atoms with E-state index in [1.807, 2.05) is 6.08 Å². The average Bonchev–Trinajstić information content (AvgIpc) is 2.17. The van der Waals surface area contributed by atoms with Gasteiger partial charge in [0.15, 0.2) is 0 Å². The summed E-state index contributed by atoms with van der Waals surface area (Å²) in [6, 6.07) is 4.91. The molecule has 72 valence electrons. The number of hydrogen-bond donors (Lipinski definition) is 3. The van der Waals surface area contributed by atoms with Crippen LogP contribution in [0.25, 0.3) is 6.08 Å². The Morgan fingerprint density at radius 1 is 1.50 bits per heavy atom. The number of carbonyl (C=O) groups is 1. The molecular formula is C10H10N2O2. The smallest absolute Gasteiger partial charge is 0.335 e. The third-order valence-corrected chi connectivity index (χ3v) is 2.21. The molecule has 0 saturated carbocycles. The van der Waals surface area contributed by atoms with Crippen molar-refractivity contribution in [3.8, 4) is 0 Å². The Bertz CT molecular complexity index is 413. The molecule has 1 unspecified atom stereocenters. The second-order valence-corrected chi connectivity index (χ2v) is 3.13. The van der Waals surface area contributed by atoms with E-state index in [4.69, 9.17) is 10.8 Å². The van der Waals surface area contributed by atoms with Crippen molar-refractivity contribution in [3.05, 3.63) is 41.1 Å². The molecule has 0 aliphatic carbocycles. The highest BCUT2D eigenvalue weighted by Gasteiger charge is 2.13. The van der Waals surface area contributed by atoms with Crippen molar-refractivity contribution < 1.29 is 9.90 Å². The molecule has 1 atom stereocenters. The van der Waals surface area contributed by atoms with E-state index in [9.17, 15) is 4.79 Å². The second kappa shape index (κ2) is 3.16. The SMILES string of the molecule is NC1NC=Cc2cc(C(=O)O)ccc21. The van der Waals surface area contributed by atoms with Gasteiger partial charge in [-0.2, -0.15) is 0 Å². The lowest BCUT2D eigenvalue weighted by atomic mass is 10.00. The number of nitrogens with one attached hydrogen (secondary N) is 1. The molecule has 4 heteroatoms. The van der Waals surface area contributed by atoms with Crippen LogP contribution in [0.4, 0.5) is 0 Å². The van der Waals surface area contributed by atoms with Gasteiger partial charge < -0.3 is 16.2 Å². The third kappa shape index (κ3) is 1.36. The molecule has 0 bridgehead atoms. The Morgan fingerprint density at radius 2 is 2.29 bits per heavy atom. The van der Waals surface area contributed by atoms with Gasteiger partial charge in [0.1, 0.15) is 6.17 Å². The van der Waals surface area contributed by atoms with Gasteiger partial charge >= 0.3 is 5.97 Å². The number of fused-ring (bicyclic) bond motifs is 1. The van der Waals surface area contributed by atoms with E-state index >= 15 is 0 Å². The van der Waals surface area contributed by atoms with Crippen molar-refractivity contribution in [2.45, 2.75) is 6.17 Å². The van der Waals surface area contributed by atoms with Crippen molar-refractivity contribution in [2.24, 2.45) is 5.73 Å². The second-order valence-electron chi connectivity index (χ2n) is 3.13. The molecule has 0 spiro atoms. The van der Waals surface area contributed by atoms with E-state index in [1.54, 1.807) is 24.4 Å². The quantitative estimate of drug-likeness (QED) is 0.615. The molecule has 1 aromatic carbocycles. The first-order valence-electron chi connectivity index (χ1n) is 4.24. The zero-order chi connectivity index (χ0) is 10.1. The van der Waals surface area contributed by atoms with Crippen LogP contribution >= 0.6 is 0 Å². The maximum absolute atomic E-state index is 10.7. The Balaban J connectivity index is 2.50. The first-order chi connectivity index (χ1) is 6.68. The van der Waals surface area contributed by atoms with Crippen LogP contribution < -0.4 is 11.1 Å². The van der Waals surface area contributed by atoms with Crippen LogP contribution in [-0.4, -0.2) is 11.1 Å². The summed E-state index contributed by atoms with van der Waals surface area (Å²) in [5.74, 6) is -0.923. The monoisotopic (exact) mass is 190 g/mol. The Hall–Kier alpha value is -1.81. The zero-order valence-corrected chi connectivity index (χ0v) is 7.40. The van der Waals surface area contributed by atoms with Gasteiger partial charge in [-0.05, 0) is 35.5 Å². The first-order valence-corrected chi connectivity index (χ1v) is 4.24. The van der Waals surface area contributed by atoms with Gasteiger partial charge in [-0.15, -0.1) is 0 Å². The van der Waals surface area contributed by atoms with Crippen LogP contribution in [0.2, 0.25) is 0 Å². The van der Waals surface area contributed by atoms with Gasteiger partial charge in [-0.1, -0.05) is 6.07 Å². The van der Waals surface area contributed by atoms with Crippen LogP contribution in [0.3, 0.4) is 0 Å².